The van der Waals surface area contributed by atoms with Gasteiger partial charge in [-0.25, -0.2) is 0 Å². The Balaban J connectivity index is 1.39. The van der Waals surface area contributed by atoms with E-state index >= 15 is 0 Å². The first-order chi connectivity index (χ1) is 13.0. The van der Waals surface area contributed by atoms with Gasteiger partial charge >= 0.3 is 0 Å². The number of nitrogens with zero attached hydrogens (tertiary/aromatic N) is 1. The molecule has 1 aromatic heterocycles. The van der Waals surface area contributed by atoms with Crippen molar-refractivity contribution in [2.45, 2.75) is 51.6 Å². The van der Waals surface area contributed by atoms with Crippen molar-refractivity contribution in [3.8, 4) is 5.75 Å². The molecule has 27 heavy (non-hydrogen) atoms. The molecule has 2 amide bonds. The number of imide groups is 1. The molecule has 4 rings (SSSR count). The van der Waals surface area contributed by atoms with Gasteiger partial charge in [0, 0.05) is 35.9 Å². The molecule has 1 N–H and O–H groups in total. The number of pyridine rings is 1. The number of hydrogen-bond donors (Lipinski definition) is 1. The topological polar surface area (TPSA) is 68.3 Å². The van der Waals surface area contributed by atoms with Crippen molar-refractivity contribution >= 4 is 11.8 Å². The van der Waals surface area contributed by atoms with Gasteiger partial charge in [-0.15, -0.1) is 0 Å². The fraction of sp³-hybridized carbons (Fsp3) is 0.409. The van der Waals surface area contributed by atoms with Crippen LogP contribution >= 0.6 is 0 Å². The second kappa shape index (κ2) is 7.14. The first-order valence-electron chi connectivity index (χ1n) is 9.53. The number of amides is 2. The van der Waals surface area contributed by atoms with Gasteiger partial charge in [-0.3, -0.25) is 19.9 Å². The summed E-state index contributed by atoms with van der Waals surface area (Å²) in [4.78, 5) is 27.9. The summed E-state index contributed by atoms with van der Waals surface area (Å²) in [6, 6.07) is 12.1. The minimum Gasteiger partial charge on any atom is -0.489 e. The molecule has 1 saturated carbocycles. The van der Waals surface area contributed by atoms with E-state index < -0.39 is 0 Å². The summed E-state index contributed by atoms with van der Waals surface area (Å²) in [5.41, 5.74) is 4.26. The standard InChI is InChI=1S/C22H24N2O3/c1-13-9-18(10-20(23-13)17-7-8-17)27-12-15-3-5-16(6-4-15)14(2)19-11-21(25)24-22(19)26/h3-6,9-10,14,17,19H,7-8,11-12H2,1-2H3,(H,24,25,26)/t14-,19?/m1/s1. The van der Waals surface area contributed by atoms with Crippen LogP contribution in [0.3, 0.4) is 0 Å². The van der Waals surface area contributed by atoms with Crippen LogP contribution in [0.25, 0.3) is 0 Å². The molecule has 2 heterocycles. The number of aryl methyl sites for hydroxylation is 1. The van der Waals surface area contributed by atoms with Gasteiger partial charge in [0.2, 0.25) is 11.8 Å². The number of carbonyl (C=O) groups is 2. The Bertz CT molecular complexity index is 872. The zero-order valence-electron chi connectivity index (χ0n) is 15.7. The first-order valence-corrected chi connectivity index (χ1v) is 9.53. The quantitative estimate of drug-likeness (QED) is 0.795. The van der Waals surface area contributed by atoms with Crippen molar-refractivity contribution < 1.29 is 14.3 Å². The number of ether oxygens (including phenoxy) is 1. The minimum absolute atomic E-state index is 0.00960. The average molecular weight is 364 g/mol. The van der Waals surface area contributed by atoms with E-state index in [1.54, 1.807) is 0 Å². The maximum absolute atomic E-state index is 11.9. The molecule has 0 bridgehead atoms. The van der Waals surface area contributed by atoms with Crippen molar-refractivity contribution in [3.05, 3.63) is 58.9 Å². The van der Waals surface area contributed by atoms with Crippen LogP contribution in [-0.4, -0.2) is 16.8 Å². The Labute approximate surface area is 159 Å². The van der Waals surface area contributed by atoms with E-state index in [-0.39, 0.29) is 30.1 Å². The Kier molecular flexibility index (Phi) is 4.68. The van der Waals surface area contributed by atoms with Crippen molar-refractivity contribution in [1.29, 1.82) is 0 Å². The molecule has 2 fully saturated rings. The maximum atomic E-state index is 11.9. The predicted octanol–water partition coefficient (Wildman–Crippen LogP) is 3.61. The zero-order valence-corrected chi connectivity index (χ0v) is 15.7. The molecule has 1 aliphatic carbocycles. The molecule has 0 spiro atoms. The highest BCUT2D eigenvalue weighted by Crippen LogP contribution is 2.40. The highest BCUT2D eigenvalue weighted by atomic mass is 16.5. The lowest BCUT2D eigenvalue weighted by Gasteiger charge is -2.17. The summed E-state index contributed by atoms with van der Waals surface area (Å²) in [7, 11) is 0. The van der Waals surface area contributed by atoms with E-state index in [9.17, 15) is 9.59 Å². The molecule has 0 radical (unpaired) electrons. The SMILES string of the molecule is Cc1cc(OCc2ccc([C@@H](C)C3CC(=O)NC3=O)cc2)cc(C2CC2)n1. The van der Waals surface area contributed by atoms with Gasteiger partial charge in [0.1, 0.15) is 12.4 Å². The molecule has 2 atom stereocenters. The molecule has 5 heteroatoms. The van der Waals surface area contributed by atoms with Crippen LogP contribution in [-0.2, 0) is 16.2 Å². The van der Waals surface area contributed by atoms with Crippen LogP contribution in [0.2, 0.25) is 0 Å². The van der Waals surface area contributed by atoms with Crippen molar-refractivity contribution in [2.75, 3.05) is 0 Å². The number of hydrogen-bond acceptors (Lipinski definition) is 4. The number of carbonyl (C=O) groups excluding carboxylic acids is 2. The maximum Gasteiger partial charge on any atom is 0.230 e. The highest BCUT2D eigenvalue weighted by Gasteiger charge is 2.35. The van der Waals surface area contributed by atoms with Crippen LogP contribution in [0.15, 0.2) is 36.4 Å². The molecular weight excluding hydrogens is 340 g/mol. The number of rotatable bonds is 6. The summed E-state index contributed by atoms with van der Waals surface area (Å²) < 4.78 is 5.97. The molecule has 1 aliphatic heterocycles. The third-order valence-electron chi connectivity index (χ3n) is 5.46. The molecule has 5 nitrogen and oxygen atoms in total. The Hall–Kier alpha value is -2.69. The van der Waals surface area contributed by atoms with E-state index in [1.807, 2.05) is 44.2 Å². The third-order valence-corrected chi connectivity index (χ3v) is 5.46. The Morgan fingerprint density at radius 3 is 2.56 bits per heavy atom. The average Bonchev–Trinajstić information content (AvgIpc) is 3.44. The highest BCUT2D eigenvalue weighted by molar-refractivity contribution is 6.03. The van der Waals surface area contributed by atoms with Crippen LogP contribution in [0.1, 0.15) is 60.5 Å². The number of aromatic nitrogens is 1. The van der Waals surface area contributed by atoms with Crippen molar-refractivity contribution in [1.82, 2.24) is 10.3 Å². The number of nitrogens with one attached hydrogen (secondary N) is 1. The van der Waals surface area contributed by atoms with Crippen LogP contribution in [0, 0.1) is 12.8 Å². The van der Waals surface area contributed by atoms with E-state index in [4.69, 9.17) is 4.74 Å². The summed E-state index contributed by atoms with van der Waals surface area (Å²) in [6.45, 7) is 4.48. The minimum atomic E-state index is -0.278. The molecule has 2 aliphatic rings. The summed E-state index contributed by atoms with van der Waals surface area (Å²) in [5, 5.41) is 2.39. The van der Waals surface area contributed by atoms with E-state index in [2.05, 4.69) is 16.4 Å². The fourth-order valence-electron chi connectivity index (χ4n) is 3.63. The summed E-state index contributed by atoms with van der Waals surface area (Å²) >= 11 is 0. The Morgan fingerprint density at radius 2 is 1.93 bits per heavy atom. The fourth-order valence-corrected chi connectivity index (χ4v) is 3.63. The lowest BCUT2D eigenvalue weighted by Crippen LogP contribution is -2.24. The monoisotopic (exact) mass is 364 g/mol. The van der Waals surface area contributed by atoms with Crippen LogP contribution in [0.5, 0.6) is 5.75 Å². The summed E-state index contributed by atoms with van der Waals surface area (Å²) in [5.74, 6) is 0.853. The van der Waals surface area contributed by atoms with Crippen molar-refractivity contribution in [3.63, 3.8) is 0 Å². The third kappa shape index (κ3) is 4.02. The molecule has 1 saturated heterocycles. The second-order valence-electron chi connectivity index (χ2n) is 7.69. The first kappa shape index (κ1) is 17.7. The van der Waals surface area contributed by atoms with Crippen LogP contribution in [0.4, 0.5) is 0 Å². The lowest BCUT2D eigenvalue weighted by atomic mass is 9.86. The van der Waals surface area contributed by atoms with Gasteiger partial charge in [-0.1, -0.05) is 31.2 Å². The van der Waals surface area contributed by atoms with E-state index in [0.29, 0.717) is 12.5 Å². The normalized spacial score (nSPS) is 20.4. The van der Waals surface area contributed by atoms with Gasteiger partial charge in [-0.05, 0) is 36.8 Å². The zero-order chi connectivity index (χ0) is 19.0. The van der Waals surface area contributed by atoms with Gasteiger partial charge in [0.15, 0.2) is 0 Å². The van der Waals surface area contributed by atoms with Gasteiger partial charge in [0.25, 0.3) is 0 Å². The van der Waals surface area contributed by atoms with E-state index in [0.717, 1.165) is 28.3 Å². The van der Waals surface area contributed by atoms with Crippen LogP contribution < -0.4 is 10.1 Å². The van der Waals surface area contributed by atoms with Gasteiger partial charge in [-0.2, -0.15) is 0 Å². The van der Waals surface area contributed by atoms with Crippen molar-refractivity contribution in [2.24, 2.45) is 5.92 Å². The predicted molar refractivity (Wildman–Crippen MR) is 101 cm³/mol. The largest absolute Gasteiger partial charge is 0.489 e. The van der Waals surface area contributed by atoms with Gasteiger partial charge in [0.05, 0.1) is 5.92 Å². The number of benzene rings is 1. The smallest absolute Gasteiger partial charge is 0.230 e. The second-order valence-corrected chi connectivity index (χ2v) is 7.69. The molecule has 1 aromatic carbocycles. The molecule has 1 unspecified atom stereocenters. The summed E-state index contributed by atoms with van der Waals surface area (Å²) in [6.07, 6.45) is 2.72. The molecule has 2 aromatic rings. The lowest BCUT2D eigenvalue weighted by molar-refractivity contribution is -0.126. The molecule has 140 valence electrons. The van der Waals surface area contributed by atoms with Gasteiger partial charge < -0.3 is 4.74 Å². The Morgan fingerprint density at radius 1 is 1.19 bits per heavy atom. The van der Waals surface area contributed by atoms with E-state index in [1.165, 1.54) is 12.8 Å². The molecular formula is C22H24N2O3.